The fourth-order valence-corrected chi connectivity index (χ4v) is 2.67. The number of benzene rings is 1. The summed E-state index contributed by atoms with van der Waals surface area (Å²) in [5.41, 5.74) is 0.568. The predicted molar refractivity (Wildman–Crippen MR) is 73.6 cm³/mol. The van der Waals surface area contributed by atoms with Crippen LogP contribution in [0.1, 0.15) is 25.3 Å². The lowest BCUT2D eigenvalue weighted by Gasteiger charge is -2.27. The lowest BCUT2D eigenvalue weighted by atomic mass is 9.77. The van der Waals surface area contributed by atoms with Crippen molar-refractivity contribution in [2.75, 3.05) is 7.11 Å². The molecule has 2 rings (SSSR count). The maximum Gasteiger partial charge on any atom is 0.326 e. The summed E-state index contributed by atoms with van der Waals surface area (Å²) in [7, 11) is 1.61. The number of carboxylic acids is 1. The van der Waals surface area contributed by atoms with Crippen LogP contribution in [-0.2, 0) is 16.0 Å². The summed E-state index contributed by atoms with van der Waals surface area (Å²) in [4.78, 5) is 22.7. The van der Waals surface area contributed by atoms with Gasteiger partial charge in [-0.1, -0.05) is 19.1 Å². The number of ether oxygens (including phenoxy) is 1. The van der Waals surface area contributed by atoms with Crippen LogP contribution in [0.5, 0.6) is 5.75 Å². The lowest BCUT2D eigenvalue weighted by molar-refractivity contribution is -0.142. The molecule has 1 aromatic carbocycles. The van der Waals surface area contributed by atoms with Crippen molar-refractivity contribution in [3.63, 3.8) is 0 Å². The second-order valence-corrected chi connectivity index (χ2v) is 5.52. The minimum Gasteiger partial charge on any atom is -0.497 e. The Balaban J connectivity index is 2.04. The fraction of sp³-hybridized carbons (Fsp3) is 0.467. The normalized spacial score (nSPS) is 25.3. The van der Waals surface area contributed by atoms with Crippen LogP contribution in [0.25, 0.3) is 0 Å². The van der Waals surface area contributed by atoms with E-state index in [1.165, 1.54) is 0 Å². The molecule has 2 unspecified atom stereocenters. The van der Waals surface area contributed by atoms with Crippen LogP contribution >= 0.6 is 0 Å². The van der Waals surface area contributed by atoms with Gasteiger partial charge in [0.2, 0.25) is 5.91 Å². The van der Waals surface area contributed by atoms with Gasteiger partial charge in [0.1, 0.15) is 11.8 Å². The molecule has 1 aliphatic heterocycles. The number of carboxylic acid groups (broad SMARTS) is 1. The van der Waals surface area contributed by atoms with Gasteiger partial charge in [0, 0.05) is 11.8 Å². The Hall–Kier alpha value is -2.04. The Kier molecular flexibility index (Phi) is 3.97. The number of rotatable bonds is 5. The summed E-state index contributed by atoms with van der Waals surface area (Å²) < 4.78 is 5.10. The first kappa shape index (κ1) is 14.4. The van der Waals surface area contributed by atoms with E-state index in [0.717, 1.165) is 17.7 Å². The number of hydrogen-bond acceptors (Lipinski definition) is 3. The van der Waals surface area contributed by atoms with Crippen molar-refractivity contribution in [3.8, 4) is 5.75 Å². The number of hydrogen-bond donors (Lipinski definition) is 2. The standard InChI is InChI=1S/C15H19NO4/c1-15(9-12(17)16-13(15)14(18)19)8-7-10-3-5-11(20-2)6-4-10/h3-6,13H,7-9H2,1-2H3,(H,16,17)(H,18,19). The highest BCUT2D eigenvalue weighted by atomic mass is 16.5. The van der Waals surface area contributed by atoms with Gasteiger partial charge in [0.15, 0.2) is 0 Å². The maximum absolute atomic E-state index is 11.5. The first-order valence-electron chi connectivity index (χ1n) is 6.60. The van der Waals surface area contributed by atoms with Crippen LogP contribution in [0.3, 0.4) is 0 Å². The summed E-state index contributed by atoms with van der Waals surface area (Å²) in [6, 6.07) is 6.88. The average Bonchev–Trinajstić information content (AvgIpc) is 2.73. The van der Waals surface area contributed by atoms with Gasteiger partial charge in [-0.15, -0.1) is 0 Å². The third kappa shape index (κ3) is 2.92. The van der Waals surface area contributed by atoms with E-state index in [4.69, 9.17) is 4.74 Å². The molecule has 1 aliphatic rings. The average molecular weight is 277 g/mol. The number of carbonyl (C=O) groups excluding carboxylic acids is 1. The molecule has 1 saturated heterocycles. The number of carbonyl (C=O) groups is 2. The number of methoxy groups -OCH3 is 1. The lowest BCUT2D eigenvalue weighted by Crippen LogP contribution is -2.42. The minimum atomic E-state index is -0.965. The van der Waals surface area contributed by atoms with Crippen LogP contribution in [0.4, 0.5) is 0 Å². The molecule has 0 saturated carbocycles. The Bertz CT molecular complexity index is 511. The molecule has 1 aromatic rings. The Morgan fingerprint density at radius 2 is 2.10 bits per heavy atom. The summed E-state index contributed by atoms with van der Waals surface area (Å²) in [5.74, 6) is -0.358. The zero-order valence-corrected chi connectivity index (χ0v) is 11.7. The molecule has 0 aliphatic carbocycles. The van der Waals surface area contributed by atoms with E-state index in [-0.39, 0.29) is 12.3 Å². The van der Waals surface area contributed by atoms with E-state index in [1.54, 1.807) is 7.11 Å². The van der Waals surface area contributed by atoms with Crippen molar-refractivity contribution in [3.05, 3.63) is 29.8 Å². The van der Waals surface area contributed by atoms with E-state index >= 15 is 0 Å². The van der Waals surface area contributed by atoms with Crippen LogP contribution < -0.4 is 10.1 Å². The summed E-state index contributed by atoms with van der Waals surface area (Å²) in [6.07, 6.45) is 1.65. The van der Waals surface area contributed by atoms with E-state index in [9.17, 15) is 14.7 Å². The van der Waals surface area contributed by atoms with Crippen LogP contribution in [0.2, 0.25) is 0 Å². The van der Waals surface area contributed by atoms with E-state index < -0.39 is 17.4 Å². The summed E-state index contributed by atoms with van der Waals surface area (Å²) in [6.45, 7) is 1.85. The van der Waals surface area contributed by atoms with Gasteiger partial charge in [0.05, 0.1) is 7.11 Å². The van der Waals surface area contributed by atoms with Gasteiger partial charge < -0.3 is 15.2 Å². The molecule has 0 spiro atoms. The molecular formula is C15H19NO4. The zero-order chi connectivity index (χ0) is 14.8. The molecule has 1 heterocycles. The minimum absolute atomic E-state index is 0.186. The summed E-state index contributed by atoms with van der Waals surface area (Å²) in [5, 5.41) is 11.7. The van der Waals surface area contributed by atoms with Gasteiger partial charge in [0.25, 0.3) is 0 Å². The molecular weight excluding hydrogens is 258 g/mol. The van der Waals surface area contributed by atoms with Gasteiger partial charge in [-0.2, -0.15) is 0 Å². The second kappa shape index (κ2) is 5.53. The quantitative estimate of drug-likeness (QED) is 0.857. The van der Waals surface area contributed by atoms with Crippen LogP contribution in [0.15, 0.2) is 24.3 Å². The highest BCUT2D eigenvalue weighted by molar-refractivity contribution is 5.89. The molecule has 2 atom stereocenters. The van der Waals surface area contributed by atoms with Gasteiger partial charge in [-0.05, 0) is 30.5 Å². The van der Waals surface area contributed by atoms with Gasteiger partial charge >= 0.3 is 5.97 Å². The third-order valence-electron chi connectivity index (χ3n) is 3.96. The molecule has 20 heavy (non-hydrogen) atoms. The first-order chi connectivity index (χ1) is 9.44. The highest BCUT2D eigenvalue weighted by Crippen LogP contribution is 2.36. The van der Waals surface area contributed by atoms with E-state index in [1.807, 2.05) is 31.2 Å². The number of aliphatic carboxylic acids is 1. The largest absolute Gasteiger partial charge is 0.497 e. The van der Waals surface area contributed by atoms with E-state index in [2.05, 4.69) is 5.32 Å². The fourth-order valence-electron chi connectivity index (χ4n) is 2.67. The van der Waals surface area contributed by atoms with Crippen molar-refractivity contribution < 1.29 is 19.4 Å². The van der Waals surface area contributed by atoms with Crippen molar-refractivity contribution in [2.45, 2.75) is 32.2 Å². The topological polar surface area (TPSA) is 75.6 Å². The Labute approximate surface area is 117 Å². The molecule has 0 bridgehead atoms. The predicted octanol–water partition coefficient (Wildman–Crippen LogP) is 1.61. The van der Waals surface area contributed by atoms with Crippen molar-refractivity contribution >= 4 is 11.9 Å². The van der Waals surface area contributed by atoms with Crippen molar-refractivity contribution in [1.82, 2.24) is 5.32 Å². The summed E-state index contributed by atoms with van der Waals surface area (Å²) >= 11 is 0. The van der Waals surface area contributed by atoms with Gasteiger partial charge in [-0.3, -0.25) is 4.79 Å². The maximum atomic E-state index is 11.5. The van der Waals surface area contributed by atoms with Crippen LogP contribution in [-0.4, -0.2) is 30.1 Å². The smallest absolute Gasteiger partial charge is 0.326 e. The van der Waals surface area contributed by atoms with Crippen molar-refractivity contribution in [2.24, 2.45) is 5.41 Å². The molecule has 2 N–H and O–H groups in total. The molecule has 108 valence electrons. The first-order valence-corrected chi connectivity index (χ1v) is 6.60. The molecule has 0 radical (unpaired) electrons. The molecule has 0 aromatic heterocycles. The number of amides is 1. The van der Waals surface area contributed by atoms with Crippen molar-refractivity contribution in [1.29, 1.82) is 0 Å². The molecule has 5 nitrogen and oxygen atoms in total. The Morgan fingerprint density at radius 3 is 2.65 bits per heavy atom. The zero-order valence-electron chi connectivity index (χ0n) is 11.7. The Morgan fingerprint density at radius 1 is 1.45 bits per heavy atom. The number of aryl methyl sites for hydroxylation is 1. The van der Waals surface area contributed by atoms with E-state index in [0.29, 0.717) is 6.42 Å². The van der Waals surface area contributed by atoms with Gasteiger partial charge in [-0.25, -0.2) is 4.79 Å². The monoisotopic (exact) mass is 277 g/mol. The molecule has 5 heteroatoms. The SMILES string of the molecule is COc1ccc(CCC2(C)CC(=O)NC2C(=O)O)cc1. The highest BCUT2D eigenvalue weighted by Gasteiger charge is 2.46. The second-order valence-electron chi connectivity index (χ2n) is 5.52. The molecule has 1 fully saturated rings. The third-order valence-corrected chi connectivity index (χ3v) is 3.96. The number of nitrogens with one attached hydrogen (secondary N) is 1. The molecule has 1 amide bonds. The van der Waals surface area contributed by atoms with Crippen LogP contribution in [0, 0.1) is 5.41 Å².